The van der Waals surface area contributed by atoms with Crippen LogP contribution in [0, 0.1) is 0 Å². The van der Waals surface area contributed by atoms with Crippen molar-refractivity contribution in [3.63, 3.8) is 0 Å². The van der Waals surface area contributed by atoms with Crippen molar-refractivity contribution in [2.24, 2.45) is 0 Å². The molecule has 1 aliphatic rings. The van der Waals surface area contributed by atoms with Gasteiger partial charge in [-0.1, -0.05) is 19.9 Å². The zero-order chi connectivity index (χ0) is 18.4. The minimum atomic E-state index is -0.833. The fourth-order valence-electron chi connectivity index (χ4n) is 2.93. The summed E-state index contributed by atoms with van der Waals surface area (Å²) in [6.07, 6.45) is 1.88. The SMILES string of the molecule is CCC(=O)Nc1cccc(C(=O)NC2CC(N(CC)CC(=O)O)C2)c1. The topological polar surface area (TPSA) is 98.7 Å². The molecule has 0 bridgehead atoms. The highest BCUT2D eigenvalue weighted by Gasteiger charge is 2.34. The fourth-order valence-corrected chi connectivity index (χ4v) is 2.93. The summed E-state index contributed by atoms with van der Waals surface area (Å²) < 4.78 is 0. The van der Waals surface area contributed by atoms with Gasteiger partial charge in [0.25, 0.3) is 5.91 Å². The van der Waals surface area contributed by atoms with Crippen molar-refractivity contribution >= 4 is 23.5 Å². The first-order valence-corrected chi connectivity index (χ1v) is 8.59. The van der Waals surface area contributed by atoms with E-state index in [0.717, 1.165) is 12.8 Å². The number of likely N-dealkylation sites (N-methyl/N-ethyl adjacent to an activating group) is 1. The largest absolute Gasteiger partial charge is 0.480 e. The third-order valence-corrected chi connectivity index (χ3v) is 4.44. The molecule has 0 spiro atoms. The van der Waals surface area contributed by atoms with Gasteiger partial charge in [0, 0.05) is 29.8 Å². The maximum absolute atomic E-state index is 12.3. The highest BCUT2D eigenvalue weighted by atomic mass is 16.4. The Morgan fingerprint density at radius 2 is 1.96 bits per heavy atom. The lowest BCUT2D eigenvalue weighted by atomic mass is 9.85. The molecule has 136 valence electrons. The zero-order valence-electron chi connectivity index (χ0n) is 14.6. The average Bonchev–Trinajstić information content (AvgIpc) is 2.55. The van der Waals surface area contributed by atoms with E-state index in [9.17, 15) is 14.4 Å². The number of rotatable bonds is 8. The van der Waals surface area contributed by atoms with Crippen molar-refractivity contribution in [2.45, 2.75) is 45.2 Å². The second-order valence-corrected chi connectivity index (χ2v) is 6.23. The Morgan fingerprint density at radius 1 is 1.24 bits per heavy atom. The molecule has 1 fully saturated rings. The Hall–Kier alpha value is -2.41. The van der Waals surface area contributed by atoms with Gasteiger partial charge >= 0.3 is 5.97 Å². The Labute approximate surface area is 147 Å². The maximum Gasteiger partial charge on any atom is 0.317 e. The van der Waals surface area contributed by atoms with Crippen LogP contribution in [0.25, 0.3) is 0 Å². The van der Waals surface area contributed by atoms with Gasteiger partial charge in [-0.3, -0.25) is 19.3 Å². The van der Waals surface area contributed by atoms with Gasteiger partial charge < -0.3 is 15.7 Å². The fraction of sp³-hybridized carbons (Fsp3) is 0.500. The highest BCUT2D eigenvalue weighted by molar-refractivity contribution is 5.97. The molecular weight excluding hydrogens is 322 g/mol. The number of carbonyl (C=O) groups is 3. The number of carboxylic acids is 1. The summed E-state index contributed by atoms with van der Waals surface area (Å²) in [6, 6.07) is 7.08. The number of hydrogen-bond acceptors (Lipinski definition) is 4. The number of nitrogens with zero attached hydrogens (tertiary/aromatic N) is 1. The second kappa shape index (κ2) is 8.62. The molecule has 1 aliphatic carbocycles. The zero-order valence-corrected chi connectivity index (χ0v) is 14.6. The van der Waals surface area contributed by atoms with Crippen LogP contribution >= 0.6 is 0 Å². The molecule has 0 saturated heterocycles. The van der Waals surface area contributed by atoms with E-state index in [1.165, 1.54) is 0 Å². The molecule has 1 aromatic rings. The Morgan fingerprint density at radius 3 is 2.56 bits per heavy atom. The Kier molecular flexibility index (Phi) is 6.52. The minimum absolute atomic E-state index is 0.0288. The predicted molar refractivity (Wildman–Crippen MR) is 94.5 cm³/mol. The molecule has 7 heteroatoms. The minimum Gasteiger partial charge on any atom is -0.480 e. The van der Waals surface area contributed by atoms with E-state index in [4.69, 9.17) is 5.11 Å². The lowest BCUT2D eigenvalue weighted by Crippen LogP contribution is -2.54. The lowest BCUT2D eigenvalue weighted by Gasteiger charge is -2.42. The van der Waals surface area contributed by atoms with Crippen molar-refractivity contribution in [3.05, 3.63) is 29.8 Å². The quantitative estimate of drug-likeness (QED) is 0.665. The van der Waals surface area contributed by atoms with Crippen LogP contribution in [0.15, 0.2) is 24.3 Å². The molecule has 0 aliphatic heterocycles. The average molecular weight is 347 g/mol. The van der Waals surface area contributed by atoms with E-state index < -0.39 is 5.97 Å². The molecule has 3 N–H and O–H groups in total. The van der Waals surface area contributed by atoms with Crippen LogP contribution in [-0.4, -0.2) is 53.0 Å². The van der Waals surface area contributed by atoms with Crippen molar-refractivity contribution in [2.75, 3.05) is 18.4 Å². The number of carboxylic acid groups (broad SMARTS) is 1. The van der Waals surface area contributed by atoms with Crippen LogP contribution in [0.4, 0.5) is 5.69 Å². The van der Waals surface area contributed by atoms with E-state index in [-0.39, 0.29) is 30.4 Å². The smallest absolute Gasteiger partial charge is 0.317 e. The molecule has 0 heterocycles. The van der Waals surface area contributed by atoms with E-state index in [1.807, 2.05) is 11.8 Å². The summed E-state index contributed by atoms with van der Waals surface area (Å²) in [5.74, 6) is -1.12. The molecule has 0 unspecified atom stereocenters. The van der Waals surface area contributed by atoms with Crippen molar-refractivity contribution in [1.82, 2.24) is 10.2 Å². The number of nitrogens with one attached hydrogen (secondary N) is 2. The number of anilines is 1. The predicted octanol–water partition coefficient (Wildman–Crippen LogP) is 1.70. The maximum atomic E-state index is 12.3. The Balaban J connectivity index is 1.86. The summed E-state index contributed by atoms with van der Waals surface area (Å²) in [5.41, 5.74) is 1.10. The first kappa shape index (κ1) is 18.9. The van der Waals surface area contributed by atoms with Crippen LogP contribution < -0.4 is 10.6 Å². The summed E-state index contributed by atoms with van der Waals surface area (Å²) in [4.78, 5) is 36.5. The number of hydrogen-bond donors (Lipinski definition) is 3. The van der Waals surface area contributed by atoms with Gasteiger partial charge in [0.05, 0.1) is 6.54 Å². The standard InChI is InChI=1S/C18H25N3O4/c1-3-16(22)19-13-7-5-6-12(8-13)18(25)20-14-9-15(10-14)21(4-2)11-17(23)24/h5-8,14-15H,3-4,9-11H2,1-2H3,(H,19,22)(H,20,25)(H,23,24). The van der Waals surface area contributed by atoms with Crippen molar-refractivity contribution in [3.8, 4) is 0 Å². The second-order valence-electron chi connectivity index (χ2n) is 6.23. The first-order chi connectivity index (χ1) is 11.9. The number of carbonyl (C=O) groups excluding carboxylic acids is 2. The van der Waals surface area contributed by atoms with E-state index in [1.54, 1.807) is 31.2 Å². The molecule has 0 aromatic heterocycles. The monoisotopic (exact) mass is 347 g/mol. The van der Waals surface area contributed by atoms with Crippen molar-refractivity contribution < 1.29 is 19.5 Å². The molecule has 0 atom stereocenters. The normalized spacial score (nSPS) is 19.2. The highest BCUT2D eigenvalue weighted by Crippen LogP contribution is 2.26. The third kappa shape index (κ3) is 5.29. The number of amides is 2. The third-order valence-electron chi connectivity index (χ3n) is 4.44. The molecule has 25 heavy (non-hydrogen) atoms. The van der Waals surface area contributed by atoms with Crippen LogP contribution in [0.3, 0.4) is 0 Å². The Bertz CT molecular complexity index is 641. The summed E-state index contributed by atoms with van der Waals surface area (Å²) in [5, 5.41) is 14.6. The van der Waals surface area contributed by atoms with Crippen LogP contribution in [0.1, 0.15) is 43.5 Å². The lowest BCUT2D eigenvalue weighted by molar-refractivity contribution is -0.139. The first-order valence-electron chi connectivity index (χ1n) is 8.59. The van der Waals surface area contributed by atoms with Crippen LogP contribution in [0.2, 0.25) is 0 Å². The molecular formula is C18H25N3O4. The van der Waals surface area contributed by atoms with Gasteiger partial charge in [-0.15, -0.1) is 0 Å². The molecule has 1 saturated carbocycles. The van der Waals surface area contributed by atoms with Crippen LogP contribution in [0.5, 0.6) is 0 Å². The van der Waals surface area contributed by atoms with Gasteiger partial charge in [0.15, 0.2) is 0 Å². The van der Waals surface area contributed by atoms with Crippen LogP contribution in [-0.2, 0) is 9.59 Å². The van der Waals surface area contributed by atoms with Gasteiger partial charge in [0.1, 0.15) is 0 Å². The molecule has 1 aromatic carbocycles. The van der Waals surface area contributed by atoms with Gasteiger partial charge in [-0.25, -0.2) is 0 Å². The van der Waals surface area contributed by atoms with E-state index in [0.29, 0.717) is 24.2 Å². The summed E-state index contributed by atoms with van der Waals surface area (Å²) in [7, 11) is 0. The number of aliphatic carboxylic acids is 1. The van der Waals surface area contributed by atoms with Gasteiger partial charge in [0.2, 0.25) is 5.91 Å². The summed E-state index contributed by atoms with van der Waals surface area (Å²) in [6.45, 7) is 4.41. The van der Waals surface area contributed by atoms with E-state index >= 15 is 0 Å². The molecule has 0 radical (unpaired) electrons. The van der Waals surface area contributed by atoms with Gasteiger partial charge in [-0.05, 0) is 37.6 Å². The molecule has 2 amide bonds. The van der Waals surface area contributed by atoms with E-state index in [2.05, 4.69) is 10.6 Å². The van der Waals surface area contributed by atoms with Gasteiger partial charge in [-0.2, -0.15) is 0 Å². The summed E-state index contributed by atoms with van der Waals surface area (Å²) >= 11 is 0. The molecule has 7 nitrogen and oxygen atoms in total. The number of benzene rings is 1. The van der Waals surface area contributed by atoms with Crippen molar-refractivity contribution in [1.29, 1.82) is 0 Å². The molecule has 2 rings (SSSR count).